The van der Waals surface area contributed by atoms with Crippen molar-refractivity contribution in [2.45, 2.75) is 46.5 Å². The second kappa shape index (κ2) is 6.04. The molecule has 1 radical (unpaired) electrons. The van der Waals surface area contributed by atoms with Gasteiger partial charge in [0.15, 0.2) is 0 Å². The predicted molar refractivity (Wildman–Crippen MR) is 49.6 cm³/mol. The van der Waals surface area contributed by atoms with E-state index in [9.17, 15) is 4.79 Å². The Morgan fingerprint density at radius 3 is 2.50 bits per heavy atom. The third kappa shape index (κ3) is 6.20. The van der Waals surface area contributed by atoms with E-state index in [1.54, 1.807) is 0 Å². The third-order valence-electron chi connectivity index (χ3n) is 2.15. The van der Waals surface area contributed by atoms with Gasteiger partial charge in [-0.2, -0.15) is 0 Å². The van der Waals surface area contributed by atoms with E-state index in [2.05, 4.69) is 25.5 Å². The van der Waals surface area contributed by atoms with E-state index in [-0.39, 0.29) is 0 Å². The maximum absolute atomic E-state index is 9.76. The van der Waals surface area contributed by atoms with E-state index in [4.69, 9.17) is 0 Å². The summed E-state index contributed by atoms with van der Waals surface area (Å²) in [6, 6.07) is 0. The minimum atomic E-state index is 0.298. The molecule has 0 N–H and O–H groups in total. The SMILES string of the molecule is CCCCC(C)(C)CCO[C]=O. The maximum Gasteiger partial charge on any atom is 0.417 e. The molecule has 0 atom stereocenters. The fourth-order valence-corrected chi connectivity index (χ4v) is 1.15. The Kier molecular flexibility index (Phi) is 5.77. The van der Waals surface area contributed by atoms with Gasteiger partial charge in [-0.15, -0.1) is 0 Å². The molecule has 0 spiro atoms. The smallest absolute Gasteiger partial charge is 0.417 e. The van der Waals surface area contributed by atoms with Gasteiger partial charge in [-0.1, -0.05) is 33.6 Å². The molecule has 2 nitrogen and oxygen atoms in total. The summed E-state index contributed by atoms with van der Waals surface area (Å²) in [5.41, 5.74) is 0.298. The van der Waals surface area contributed by atoms with Crippen LogP contribution in [0.25, 0.3) is 0 Å². The molecule has 2 heteroatoms. The van der Waals surface area contributed by atoms with Crippen molar-refractivity contribution in [2.24, 2.45) is 5.41 Å². The standard InChI is InChI=1S/C10H19O2/c1-4-5-6-10(2,3)7-8-12-9-11/h4-8H2,1-3H3. The lowest BCUT2D eigenvalue weighted by Crippen LogP contribution is -2.14. The van der Waals surface area contributed by atoms with Crippen LogP contribution in [0.4, 0.5) is 0 Å². The van der Waals surface area contributed by atoms with Gasteiger partial charge in [0, 0.05) is 0 Å². The highest BCUT2D eigenvalue weighted by Gasteiger charge is 2.16. The average Bonchev–Trinajstić information content (AvgIpc) is 2.01. The van der Waals surface area contributed by atoms with Gasteiger partial charge < -0.3 is 4.74 Å². The van der Waals surface area contributed by atoms with Crippen LogP contribution in [-0.4, -0.2) is 13.1 Å². The first-order chi connectivity index (χ1) is 5.62. The number of hydrogen-bond donors (Lipinski definition) is 0. The molecule has 0 aromatic heterocycles. The molecule has 0 rings (SSSR count). The fraction of sp³-hybridized carbons (Fsp3) is 0.900. The van der Waals surface area contributed by atoms with Crippen LogP contribution in [0.1, 0.15) is 46.5 Å². The van der Waals surface area contributed by atoms with Crippen LogP contribution < -0.4 is 0 Å². The van der Waals surface area contributed by atoms with Gasteiger partial charge in [0.05, 0.1) is 6.61 Å². The van der Waals surface area contributed by atoms with Crippen molar-refractivity contribution in [3.8, 4) is 0 Å². The first kappa shape index (κ1) is 11.5. The van der Waals surface area contributed by atoms with E-state index >= 15 is 0 Å². The number of unbranched alkanes of at least 4 members (excludes halogenated alkanes) is 1. The normalized spacial score (nSPS) is 11.2. The molecule has 0 aromatic carbocycles. The summed E-state index contributed by atoms with van der Waals surface area (Å²) in [7, 11) is 0. The highest BCUT2D eigenvalue weighted by atomic mass is 16.5. The minimum absolute atomic E-state index is 0.298. The number of rotatable bonds is 7. The molecule has 0 bridgehead atoms. The summed E-state index contributed by atoms with van der Waals surface area (Å²) in [4.78, 5) is 9.76. The molecule has 0 saturated heterocycles. The van der Waals surface area contributed by atoms with E-state index in [0.717, 1.165) is 6.42 Å². The van der Waals surface area contributed by atoms with Crippen LogP contribution in [0.2, 0.25) is 0 Å². The van der Waals surface area contributed by atoms with Crippen molar-refractivity contribution in [1.29, 1.82) is 0 Å². The fourth-order valence-electron chi connectivity index (χ4n) is 1.15. The highest BCUT2D eigenvalue weighted by molar-refractivity contribution is 5.38. The number of ether oxygens (including phenoxy) is 1. The summed E-state index contributed by atoms with van der Waals surface area (Å²) >= 11 is 0. The maximum atomic E-state index is 9.76. The average molecular weight is 171 g/mol. The first-order valence-corrected chi connectivity index (χ1v) is 4.61. The van der Waals surface area contributed by atoms with E-state index in [1.165, 1.54) is 25.7 Å². The lowest BCUT2D eigenvalue weighted by molar-refractivity contribution is 0.198. The predicted octanol–water partition coefficient (Wildman–Crippen LogP) is 2.68. The molecule has 0 aliphatic rings. The molecule has 0 aliphatic carbocycles. The highest BCUT2D eigenvalue weighted by Crippen LogP contribution is 2.26. The van der Waals surface area contributed by atoms with Gasteiger partial charge in [0.1, 0.15) is 0 Å². The van der Waals surface area contributed by atoms with E-state index in [1.807, 2.05) is 0 Å². The van der Waals surface area contributed by atoms with Crippen molar-refractivity contribution in [3.05, 3.63) is 0 Å². The molecule has 0 amide bonds. The number of carbonyl (C=O) groups excluding carboxylic acids is 1. The van der Waals surface area contributed by atoms with Crippen molar-refractivity contribution >= 4 is 6.47 Å². The first-order valence-electron chi connectivity index (χ1n) is 4.61. The molecule has 0 aliphatic heterocycles. The Hall–Kier alpha value is -0.530. The van der Waals surface area contributed by atoms with Crippen LogP contribution in [0.15, 0.2) is 0 Å². The Labute approximate surface area is 75.3 Å². The molecule has 0 fully saturated rings. The molecular formula is C10H19O2. The molecule has 0 saturated carbocycles. The van der Waals surface area contributed by atoms with Crippen molar-refractivity contribution in [3.63, 3.8) is 0 Å². The molecule has 12 heavy (non-hydrogen) atoms. The number of hydrogen-bond acceptors (Lipinski definition) is 2. The van der Waals surface area contributed by atoms with Gasteiger partial charge in [0.2, 0.25) is 0 Å². The van der Waals surface area contributed by atoms with E-state index < -0.39 is 0 Å². The van der Waals surface area contributed by atoms with Crippen molar-refractivity contribution in [2.75, 3.05) is 6.61 Å². The summed E-state index contributed by atoms with van der Waals surface area (Å²) in [5.74, 6) is 0. The van der Waals surface area contributed by atoms with Crippen LogP contribution in [0.3, 0.4) is 0 Å². The lowest BCUT2D eigenvalue weighted by atomic mass is 9.84. The van der Waals surface area contributed by atoms with Gasteiger partial charge in [-0.05, 0) is 18.3 Å². The van der Waals surface area contributed by atoms with Gasteiger partial charge in [-0.3, -0.25) is 0 Å². The lowest BCUT2D eigenvalue weighted by Gasteiger charge is -2.23. The Morgan fingerprint density at radius 2 is 2.00 bits per heavy atom. The summed E-state index contributed by atoms with van der Waals surface area (Å²) < 4.78 is 4.54. The molecule has 71 valence electrons. The Morgan fingerprint density at radius 1 is 1.33 bits per heavy atom. The molecule has 0 aromatic rings. The van der Waals surface area contributed by atoms with Crippen LogP contribution >= 0.6 is 0 Å². The second-order valence-corrected chi connectivity index (χ2v) is 3.95. The van der Waals surface area contributed by atoms with Crippen molar-refractivity contribution < 1.29 is 9.53 Å². The summed E-state index contributed by atoms with van der Waals surface area (Å²) in [6.07, 6.45) is 4.61. The zero-order valence-electron chi connectivity index (χ0n) is 8.35. The molecule has 0 unspecified atom stereocenters. The minimum Gasteiger partial charge on any atom is -0.457 e. The summed E-state index contributed by atoms with van der Waals surface area (Å²) in [5, 5.41) is 0. The quantitative estimate of drug-likeness (QED) is 0.550. The van der Waals surface area contributed by atoms with E-state index in [0.29, 0.717) is 12.0 Å². The molecule has 0 heterocycles. The van der Waals surface area contributed by atoms with Crippen LogP contribution in [0.5, 0.6) is 0 Å². The van der Waals surface area contributed by atoms with Crippen LogP contribution in [0, 0.1) is 5.41 Å². The largest absolute Gasteiger partial charge is 0.457 e. The van der Waals surface area contributed by atoms with Crippen molar-refractivity contribution in [1.82, 2.24) is 0 Å². The van der Waals surface area contributed by atoms with Gasteiger partial charge >= 0.3 is 6.47 Å². The van der Waals surface area contributed by atoms with Crippen LogP contribution in [-0.2, 0) is 9.53 Å². The molecular weight excluding hydrogens is 152 g/mol. The summed E-state index contributed by atoms with van der Waals surface area (Å²) in [6.45, 7) is 8.54. The monoisotopic (exact) mass is 171 g/mol. The zero-order chi connectivity index (χ0) is 9.45. The topological polar surface area (TPSA) is 26.3 Å². The zero-order valence-corrected chi connectivity index (χ0v) is 8.35. The third-order valence-corrected chi connectivity index (χ3v) is 2.15. The second-order valence-electron chi connectivity index (χ2n) is 3.95. The Balaban J connectivity index is 3.48. The van der Waals surface area contributed by atoms with Gasteiger partial charge in [0.25, 0.3) is 0 Å². The Bertz CT molecular complexity index is 119. The van der Waals surface area contributed by atoms with Gasteiger partial charge in [-0.25, -0.2) is 4.79 Å².